The van der Waals surface area contributed by atoms with Gasteiger partial charge in [-0.15, -0.1) is 0 Å². The van der Waals surface area contributed by atoms with Crippen LogP contribution < -0.4 is 0 Å². The number of methoxy groups -OCH3 is 1. The van der Waals surface area contributed by atoms with E-state index in [0.29, 0.717) is 0 Å². The Morgan fingerprint density at radius 3 is 2.81 bits per heavy atom. The minimum Gasteiger partial charge on any atom is -0.464 e. The average molecular weight is 283 g/mol. The highest BCUT2D eigenvalue weighted by atomic mass is 79.9. The lowest BCUT2D eigenvalue weighted by Crippen LogP contribution is -1.94. The Morgan fingerprint density at radius 1 is 1.38 bits per heavy atom. The Bertz CT molecular complexity index is 514. The van der Waals surface area contributed by atoms with Gasteiger partial charge in [-0.2, -0.15) is 0 Å². The molecule has 0 saturated carbocycles. The molecule has 0 fully saturated rings. The molecule has 0 radical (unpaired) electrons. The molecule has 0 spiro atoms. The molecule has 0 saturated heterocycles. The van der Waals surface area contributed by atoms with E-state index in [1.807, 2.05) is 6.26 Å². The highest BCUT2D eigenvalue weighted by Gasteiger charge is 2.12. The maximum Gasteiger partial charge on any atom is 0.134 e. The SMILES string of the molecule is COCCc1coc2cc(C)c(Br)c(C)c12. The van der Waals surface area contributed by atoms with Crippen LogP contribution in [0.1, 0.15) is 16.7 Å². The van der Waals surface area contributed by atoms with Gasteiger partial charge in [0.15, 0.2) is 0 Å². The fraction of sp³-hybridized carbons (Fsp3) is 0.385. The number of rotatable bonds is 3. The van der Waals surface area contributed by atoms with Gasteiger partial charge in [0.1, 0.15) is 5.58 Å². The second-order valence-corrected chi connectivity index (χ2v) is 4.80. The number of furan rings is 1. The maximum atomic E-state index is 5.59. The fourth-order valence-electron chi connectivity index (χ4n) is 2.00. The van der Waals surface area contributed by atoms with Crippen LogP contribution in [0.5, 0.6) is 0 Å². The molecule has 0 aliphatic rings. The van der Waals surface area contributed by atoms with Gasteiger partial charge in [0.2, 0.25) is 0 Å². The minimum atomic E-state index is 0.722. The molecule has 0 aliphatic heterocycles. The summed E-state index contributed by atoms with van der Waals surface area (Å²) >= 11 is 3.61. The molecule has 2 nitrogen and oxygen atoms in total. The molecule has 0 unspecified atom stereocenters. The van der Waals surface area contributed by atoms with E-state index in [1.165, 1.54) is 26.5 Å². The van der Waals surface area contributed by atoms with Crippen molar-refractivity contribution in [3.05, 3.63) is 33.5 Å². The number of aryl methyl sites for hydroxylation is 2. The van der Waals surface area contributed by atoms with Gasteiger partial charge >= 0.3 is 0 Å². The third-order valence-corrected chi connectivity index (χ3v) is 4.09. The van der Waals surface area contributed by atoms with Crippen LogP contribution in [0.2, 0.25) is 0 Å². The first kappa shape index (κ1) is 11.7. The van der Waals surface area contributed by atoms with Crippen LogP contribution >= 0.6 is 15.9 Å². The summed E-state index contributed by atoms with van der Waals surface area (Å²) in [6.07, 6.45) is 2.72. The highest BCUT2D eigenvalue weighted by molar-refractivity contribution is 9.10. The van der Waals surface area contributed by atoms with E-state index in [0.717, 1.165) is 18.6 Å². The molecular formula is C13H15BrO2. The van der Waals surface area contributed by atoms with E-state index in [4.69, 9.17) is 9.15 Å². The lowest BCUT2D eigenvalue weighted by Gasteiger charge is -2.05. The van der Waals surface area contributed by atoms with Gasteiger partial charge in [-0.3, -0.25) is 0 Å². The molecule has 1 aromatic carbocycles. The molecule has 0 N–H and O–H groups in total. The first-order valence-electron chi connectivity index (χ1n) is 5.30. The van der Waals surface area contributed by atoms with Gasteiger partial charge in [0.25, 0.3) is 0 Å². The lowest BCUT2D eigenvalue weighted by atomic mass is 10.0. The number of hydrogen-bond donors (Lipinski definition) is 0. The quantitative estimate of drug-likeness (QED) is 0.849. The summed E-state index contributed by atoms with van der Waals surface area (Å²) in [5.74, 6) is 0. The van der Waals surface area contributed by atoms with Crippen molar-refractivity contribution in [2.24, 2.45) is 0 Å². The maximum absolute atomic E-state index is 5.59. The molecule has 86 valence electrons. The van der Waals surface area contributed by atoms with Gasteiger partial charge in [-0.25, -0.2) is 0 Å². The van der Waals surface area contributed by atoms with E-state index >= 15 is 0 Å². The van der Waals surface area contributed by atoms with Crippen LogP contribution in [0, 0.1) is 13.8 Å². The Labute approximate surface area is 104 Å². The molecular weight excluding hydrogens is 268 g/mol. The summed E-state index contributed by atoms with van der Waals surface area (Å²) < 4.78 is 11.9. The first-order valence-corrected chi connectivity index (χ1v) is 6.09. The topological polar surface area (TPSA) is 22.4 Å². The second kappa shape index (κ2) is 4.60. The van der Waals surface area contributed by atoms with Crippen molar-refractivity contribution < 1.29 is 9.15 Å². The lowest BCUT2D eigenvalue weighted by molar-refractivity contribution is 0.202. The Morgan fingerprint density at radius 2 is 2.12 bits per heavy atom. The average Bonchev–Trinajstić information content (AvgIpc) is 2.66. The largest absolute Gasteiger partial charge is 0.464 e. The van der Waals surface area contributed by atoms with Crippen LogP contribution in [0.25, 0.3) is 11.0 Å². The summed E-state index contributed by atoms with van der Waals surface area (Å²) in [7, 11) is 1.72. The number of ether oxygens (including phenoxy) is 1. The molecule has 0 bridgehead atoms. The summed E-state index contributed by atoms with van der Waals surface area (Å²) in [5, 5.41) is 1.22. The zero-order valence-corrected chi connectivity index (χ0v) is 11.3. The molecule has 0 aliphatic carbocycles. The van der Waals surface area contributed by atoms with Crippen molar-refractivity contribution in [3.8, 4) is 0 Å². The minimum absolute atomic E-state index is 0.722. The van der Waals surface area contributed by atoms with Crippen molar-refractivity contribution >= 4 is 26.9 Å². The smallest absolute Gasteiger partial charge is 0.134 e. The summed E-state index contributed by atoms with van der Waals surface area (Å²) in [6, 6.07) is 2.07. The molecule has 0 amide bonds. The van der Waals surface area contributed by atoms with Gasteiger partial charge in [0.05, 0.1) is 12.9 Å². The zero-order valence-electron chi connectivity index (χ0n) is 9.76. The standard InChI is InChI=1S/C13H15BrO2/c1-8-6-11-12(9(2)13(8)14)10(7-16-11)4-5-15-3/h6-7H,4-5H2,1-3H3. The summed E-state index contributed by atoms with van der Waals surface area (Å²) in [4.78, 5) is 0. The fourth-order valence-corrected chi connectivity index (χ4v) is 2.32. The molecule has 1 heterocycles. The zero-order chi connectivity index (χ0) is 11.7. The van der Waals surface area contributed by atoms with Crippen LogP contribution in [-0.2, 0) is 11.2 Å². The predicted octanol–water partition coefficient (Wildman–Crippen LogP) is 4.00. The van der Waals surface area contributed by atoms with E-state index in [-0.39, 0.29) is 0 Å². The number of fused-ring (bicyclic) bond motifs is 1. The Kier molecular flexibility index (Phi) is 3.36. The van der Waals surface area contributed by atoms with Gasteiger partial charge in [0, 0.05) is 22.5 Å². The third-order valence-electron chi connectivity index (χ3n) is 2.87. The van der Waals surface area contributed by atoms with Crippen molar-refractivity contribution in [3.63, 3.8) is 0 Å². The second-order valence-electron chi connectivity index (χ2n) is 4.01. The molecule has 2 rings (SSSR count). The van der Waals surface area contributed by atoms with Gasteiger partial charge in [-0.1, -0.05) is 15.9 Å². The first-order chi connectivity index (χ1) is 7.65. The normalized spacial score (nSPS) is 11.2. The van der Waals surface area contributed by atoms with E-state index in [2.05, 4.69) is 35.8 Å². The van der Waals surface area contributed by atoms with E-state index < -0.39 is 0 Å². The molecule has 2 aromatic rings. The number of hydrogen-bond acceptors (Lipinski definition) is 2. The van der Waals surface area contributed by atoms with Crippen LogP contribution in [0.4, 0.5) is 0 Å². The van der Waals surface area contributed by atoms with Crippen molar-refractivity contribution in [2.75, 3.05) is 13.7 Å². The van der Waals surface area contributed by atoms with Gasteiger partial charge < -0.3 is 9.15 Å². The van der Waals surface area contributed by atoms with Crippen molar-refractivity contribution in [2.45, 2.75) is 20.3 Å². The van der Waals surface area contributed by atoms with E-state index in [1.54, 1.807) is 7.11 Å². The monoisotopic (exact) mass is 282 g/mol. The molecule has 3 heteroatoms. The molecule has 1 aromatic heterocycles. The summed E-state index contributed by atoms with van der Waals surface area (Å²) in [6.45, 7) is 4.92. The highest BCUT2D eigenvalue weighted by Crippen LogP contribution is 2.32. The van der Waals surface area contributed by atoms with Crippen molar-refractivity contribution in [1.82, 2.24) is 0 Å². The van der Waals surface area contributed by atoms with Crippen LogP contribution in [0.15, 0.2) is 21.2 Å². The summed E-state index contributed by atoms with van der Waals surface area (Å²) in [5.41, 5.74) is 4.63. The predicted molar refractivity (Wildman–Crippen MR) is 69.0 cm³/mol. The van der Waals surface area contributed by atoms with Crippen molar-refractivity contribution in [1.29, 1.82) is 0 Å². The number of benzene rings is 1. The van der Waals surface area contributed by atoms with Crippen LogP contribution in [-0.4, -0.2) is 13.7 Å². The number of halogens is 1. The molecule has 16 heavy (non-hydrogen) atoms. The van der Waals surface area contributed by atoms with Crippen LogP contribution in [0.3, 0.4) is 0 Å². The van der Waals surface area contributed by atoms with E-state index in [9.17, 15) is 0 Å². The third kappa shape index (κ3) is 1.89. The van der Waals surface area contributed by atoms with Gasteiger partial charge in [-0.05, 0) is 37.5 Å². The molecule has 0 atom stereocenters. The Hall–Kier alpha value is -0.800. The Balaban J connectivity index is 2.57.